The molecule has 0 spiro atoms. The second kappa shape index (κ2) is 8.01. The molecule has 0 saturated heterocycles. The molecule has 3 aromatic carbocycles. The maximum atomic E-state index is 14.0. The van der Waals surface area contributed by atoms with E-state index in [9.17, 15) is 13.2 Å². The Hall–Kier alpha value is -3.19. The molecular weight excluding hydrogens is 349 g/mol. The van der Waals surface area contributed by atoms with Crippen LogP contribution >= 0.6 is 0 Å². The van der Waals surface area contributed by atoms with E-state index in [1.165, 1.54) is 19.2 Å². The fourth-order valence-electron chi connectivity index (χ4n) is 2.69. The molecule has 3 rings (SSSR count). The maximum absolute atomic E-state index is 14.0. The Morgan fingerprint density at radius 3 is 2.15 bits per heavy atom. The molecule has 0 unspecified atom stereocenters. The van der Waals surface area contributed by atoms with Crippen molar-refractivity contribution in [2.75, 3.05) is 7.11 Å². The normalized spacial score (nSPS) is 10.3. The van der Waals surface area contributed by atoms with Gasteiger partial charge in [-0.05, 0) is 53.4 Å². The summed E-state index contributed by atoms with van der Waals surface area (Å²) in [6, 6.07) is 14.8. The molecule has 0 N–H and O–H groups in total. The lowest BCUT2D eigenvalue weighted by Crippen LogP contribution is -1.96. The van der Waals surface area contributed by atoms with Crippen molar-refractivity contribution in [3.05, 3.63) is 88.7 Å². The summed E-state index contributed by atoms with van der Waals surface area (Å²) in [5.74, 6) is 3.46. The van der Waals surface area contributed by atoms with Crippen LogP contribution in [0.4, 0.5) is 13.2 Å². The number of methoxy groups -OCH3 is 1. The van der Waals surface area contributed by atoms with E-state index in [1.54, 1.807) is 49.4 Å². The van der Waals surface area contributed by atoms with Gasteiger partial charge in [0.25, 0.3) is 0 Å². The van der Waals surface area contributed by atoms with Gasteiger partial charge in [0.1, 0.15) is 0 Å². The summed E-state index contributed by atoms with van der Waals surface area (Å²) in [5.41, 5.74) is 2.51. The first kappa shape index (κ1) is 18.6. The van der Waals surface area contributed by atoms with E-state index in [2.05, 4.69) is 11.8 Å². The zero-order valence-electron chi connectivity index (χ0n) is 14.9. The van der Waals surface area contributed by atoms with Gasteiger partial charge in [-0.15, -0.1) is 0 Å². The van der Waals surface area contributed by atoms with Crippen LogP contribution in [0.15, 0.2) is 54.6 Å². The monoisotopic (exact) mass is 366 g/mol. The SMILES string of the molecule is CCc1ccc(C#Cc2ccc(-c3ccc(OC)c(F)c3)cc2)c(F)c1F. The van der Waals surface area contributed by atoms with E-state index in [0.717, 1.165) is 5.56 Å². The summed E-state index contributed by atoms with van der Waals surface area (Å²) in [7, 11) is 1.41. The number of hydrogen-bond donors (Lipinski definition) is 0. The molecule has 0 aliphatic rings. The van der Waals surface area contributed by atoms with E-state index in [-0.39, 0.29) is 11.3 Å². The Balaban J connectivity index is 1.84. The summed E-state index contributed by atoms with van der Waals surface area (Å²) >= 11 is 0. The van der Waals surface area contributed by atoms with Crippen molar-refractivity contribution in [1.29, 1.82) is 0 Å². The Labute approximate surface area is 156 Å². The molecule has 0 fully saturated rings. The lowest BCUT2D eigenvalue weighted by atomic mass is 10.0. The summed E-state index contributed by atoms with van der Waals surface area (Å²) in [4.78, 5) is 0. The molecule has 136 valence electrons. The minimum atomic E-state index is -0.924. The van der Waals surface area contributed by atoms with Crippen LogP contribution < -0.4 is 4.74 Å². The van der Waals surface area contributed by atoms with Crippen molar-refractivity contribution >= 4 is 0 Å². The average molecular weight is 366 g/mol. The third kappa shape index (κ3) is 3.98. The second-order valence-corrected chi connectivity index (χ2v) is 5.93. The second-order valence-electron chi connectivity index (χ2n) is 5.93. The topological polar surface area (TPSA) is 9.23 Å². The van der Waals surface area contributed by atoms with Crippen molar-refractivity contribution in [2.45, 2.75) is 13.3 Å². The Morgan fingerprint density at radius 2 is 1.52 bits per heavy atom. The van der Waals surface area contributed by atoms with Crippen molar-refractivity contribution in [3.8, 4) is 28.7 Å². The van der Waals surface area contributed by atoms with E-state index < -0.39 is 17.5 Å². The van der Waals surface area contributed by atoms with Crippen LogP contribution in [-0.4, -0.2) is 7.11 Å². The zero-order valence-corrected chi connectivity index (χ0v) is 14.9. The smallest absolute Gasteiger partial charge is 0.174 e. The van der Waals surface area contributed by atoms with Crippen LogP contribution in [0.25, 0.3) is 11.1 Å². The molecule has 0 heterocycles. The maximum Gasteiger partial charge on any atom is 0.174 e. The highest BCUT2D eigenvalue weighted by Crippen LogP contribution is 2.25. The van der Waals surface area contributed by atoms with E-state index >= 15 is 0 Å². The minimum Gasteiger partial charge on any atom is -0.494 e. The molecule has 0 bridgehead atoms. The van der Waals surface area contributed by atoms with Gasteiger partial charge in [0.15, 0.2) is 23.2 Å². The molecule has 0 aromatic heterocycles. The first-order valence-corrected chi connectivity index (χ1v) is 8.46. The number of aryl methyl sites for hydroxylation is 1. The molecule has 0 aliphatic heterocycles. The van der Waals surface area contributed by atoms with Crippen molar-refractivity contribution in [3.63, 3.8) is 0 Å². The van der Waals surface area contributed by atoms with Gasteiger partial charge >= 0.3 is 0 Å². The number of ether oxygens (including phenoxy) is 1. The summed E-state index contributed by atoms with van der Waals surface area (Å²) < 4.78 is 46.6. The Bertz CT molecular complexity index is 1030. The standard InChI is InChI=1S/C23H17F3O/c1-3-16-10-11-18(23(26)22(16)25)9-6-15-4-7-17(8-5-15)19-12-13-21(27-2)20(24)14-19/h4-5,7-8,10-14H,3H2,1-2H3. The fraction of sp³-hybridized carbons (Fsp3) is 0.130. The lowest BCUT2D eigenvalue weighted by molar-refractivity contribution is 0.386. The Morgan fingerprint density at radius 1 is 0.815 bits per heavy atom. The van der Waals surface area contributed by atoms with Crippen molar-refractivity contribution in [1.82, 2.24) is 0 Å². The molecule has 0 saturated carbocycles. The van der Waals surface area contributed by atoms with Gasteiger partial charge in [0.05, 0.1) is 12.7 Å². The average Bonchev–Trinajstić information content (AvgIpc) is 2.69. The summed E-state index contributed by atoms with van der Waals surface area (Å²) in [6.45, 7) is 1.76. The molecule has 27 heavy (non-hydrogen) atoms. The molecule has 0 atom stereocenters. The highest BCUT2D eigenvalue weighted by Gasteiger charge is 2.10. The predicted octanol–water partition coefficient (Wildman–Crippen LogP) is 5.74. The predicted molar refractivity (Wildman–Crippen MR) is 100 cm³/mol. The Kier molecular flexibility index (Phi) is 5.52. The molecule has 1 nitrogen and oxygen atoms in total. The molecule has 3 aromatic rings. The fourth-order valence-corrected chi connectivity index (χ4v) is 2.69. The van der Waals surface area contributed by atoms with Crippen molar-refractivity contribution < 1.29 is 17.9 Å². The number of benzene rings is 3. The van der Waals surface area contributed by atoms with Gasteiger partial charge in [0, 0.05) is 5.56 Å². The number of hydrogen-bond acceptors (Lipinski definition) is 1. The van der Waals surface area contributed by atoms with Crippen LogP contribution in [0.1, 0.15) is 23.6 Å². The first-order chi connectivity index (χ1) is 13.0. The van der Waals surface area contributed by atoms with E-state index in [0.29, 0.717) is 23.1 Å². The molecule has 0 aliphatic carbocycles. The van der Waals surface area contributed by atoms with Gasteiger partial charge in [-0.1, -0.05) is 43.0 Å². The van der Waals surface area contributed by atoms with Gasteiger partial charge < -0.3 is 4.74 Å². The number of rotatable bonds is 3. The molecule has 4 heteroatoms. The third-order valence-electron chi connectivity index (χ3n) is 4.25. The third-order valence-corrected chi connectivity index (χ3v) is 4.25. The zero-order chi connectivity index (χ0) is 19.4. The van der Waals surface area contributed by atoms with Crippen molar-refractivity contribution in [2.24, 2.45) is 0 Å². The van der Waals surface area contributed by atoms with Crippen LogP contribution in [-0.2, 0) is 6.42 Å². The van der Waals surface area contributed by atoms with E-state index in [1.807, 2.05) is 0 Å². The summed E-state index contributed by atoms with van der Waals surface area (Å²) in [6.07, 6.45) is 0.421. The van der Waals surface area contributed by atoms with Gasteiger partial charge in [-0.3, -0.25) is 0 Å². The van der Waals surface area contributed by atoms with Crippen LogP contribution in [0.5, 0.6) is 5.75 Å². The highest BCUT2D eigenvalue weighted by molar-refractivity contribution is 5.65. The molecule has 0 radical (unpaired) electrons. The molecular formula is C23H17F3O. The summed E-state index contributed by atoms with van der Waals surface area (Å²) in [5, 5.41) is 0. The van der Waals surface area contributed by atoms with Gasteiger partial charge in [-0.2, -0.15) is 0 Å². The largest absolute Gasteiger partial charge is 0.494 e. The molecule has 0 amide bonds. The quantitative estimate of drug-likeness (QED) is 0.537. The van der Waals surface area contributed by atoms with Gasteiger partial charge in [0.2, 0.25) is 0 Å². The number of halogens is 3. The van der Waals surface area contributed by atoms with Crippen LogP contribution in [0.3, 0.4) is 0 Å². The minimum absolute atomic E-state index is 0.0194. The first-order valence-electron chi connectivity index (χ1n) is 8.46. The lowest BCUT2D eigenvalue weighted by Gasteiger charge is -2.05. The highest BCUT2D eigenvalue weighted by atomic mass is 19.2. The van der Waals surface area contributed by atoms with Crippen LogP contribution in [0, 0.1) is 29.3 Å². The van der Waals surface area contributed by atoms with E-state index in [4.69, 9.17) is 4.74 Å². The van der Waals surface area contributed by atoms with Crippen LogP contribution in [0.2, 0.25) is 0 Å². The van der Waals surface area contributed by atoms with Gasteiger partial charge in [-0.25, -0.2) is 13.2 Å².